The average Bonchev–Trinajstić information content (AvgIpc) is 3.46. The van der Waals surface area contributed by atoms with Crippen molar-refractivity contribution in [3.63, 3.8) is 0 Å². The molecular weight excluding hydrogens is 764 g/mol. The first-order valence-corrected chi connectivity index (χ1v) is 22.9. The Morgan fingerprint density at radius 2 is 1.36 bits per heavy atom. The largest absolute Gasteiger partial charge is 1.00 e. The first-order chi connectivity index (χ1) is 25.9. The van der Waals surface area contributed by atoms with Crippen molar-refractivity contribution in [3.05, 3.63) is 0 Å². The Morgan fingerprint density at radius 3 is 1.76 bits per heavy atom. The van der Waals surface area contributed by atoms with Crippen LogP contribution in [0.15, 0.2) is 0 Å². The van der Waals surface area contributed by atoms with Gasteiger partial charge in [0, 0.05) is 63.9 Å². The standard InChI is InChI=1S/C18H37NO7Si.C8H12O3.C6H15NO.C4H10O3Si.Na/c1-4-24-27(25-5-2,26-6-3)14-11-16(18(22)23)15-17(21)19-12-9-7-8-10-13-20;1-2-3-4-6-5-7(9)11-8(6)10;7-5-3-1-2-4-6-8;1-3-6-8(5)7-4-2;/h16,20H,4-15H2,1-3H3,(H,19,21)(H,22,23);6H,2-5H2,1H3;8H,1-7H2;3-4H2,1-2H3;/q;;;;+1/p-1. The summed E-state index contributed by atoms with van der Waals surface area (Å²) in [4.78, 5) is 44.9. The second kappa shape index (κ2) is 43.8. The summed E-state index contributed by atoms with van der Waals surface area (Å²) in [5.74, 6) is -3.31. The molecule has 1 saturated heterocycles. The molecule has 0 saturated carbocycles. The minimum Gasteiger partial charge on any atom is -0.550 e. The van der Waals surface area contributed by atoms with Gasteiger partial charge in [-0.05, 0) is 79.7 Å². The molecule has 0 radical (unpaired) electrons. The van der Waals surface area contributed by atoms with E-state index in [-0.39, 0.29) is 72.8 Å². The van der Waals surface area contributed by atoms with Gasteiger partial charge in [0.2, 0.25) is 5.91 Å². The van der Waals surface area contributed by atoms with E-state index in [1.807, 2.05) is 20.8 Å². The van der Waals surface area contributed by atoms with E-state index in [2.05, 4.69) is 25.8 Å². The van der Waals surface area contributed by atoms with E-state index in [9.17, 15) is 28.7 Å². The van der Waals surface area contributed by atoms with Crippen molar-refractivity contribution in [2.75, 3.05) is 59.3 Å². The minimum absolute atomic E-state index is 0. The maximum atomic E-state index is 12.0. The number of cyclic esters (lactones) is 2. The van der Waals surface area contributed by atoms with Crippen LogP contribution in [0.4, 0.5) is 0 Å². The number of rotatable bonds is 30. The third-order valence-corrected chi connectivity index (χ3v) is 11.7. The first-order valence-electron chi connectivity index (χ1n) is 19.8. The molecule has 0 aromatic rings. The second-order valence-corrected chi connectivity index (χ2v) is 15.9. The molecule has 1 aliphatic heterocycles. The molecule has 1 fully saturated rings. The summed E-state index contributed by atoms with van der Waals surface area (Å²) in [6.45, 7) is 15.1. The van der Waals surface area contributed by atoms with Gasteiger partial charge in [0.25, 0.3) is 0 Å². The number of amides is 1. The molecule has 0 spiro atoms. The summed E-state index contributed by atoms with van der Waals surface area (Å²) in [5, 5.41) is 31.2. The number of aliphatic hydroxyl groups is 2. The van der Waals surface area contributed by atoms with Crippen molar-refractivity contribution >= 4 is 41.8 Å². The summed E-state index contributed by atoms with van der Waals surface area (Å²) in [6.07, 6.45) is 10.9. The molecule has 2 atom stereocenters. The van der Waals surface area contributed by atoms with Crippen molar-refractivity contribution in [3.8, 4) is 0 Å². The van der Waals surface area contributed by atoms with E-state index in [1.165, 1.54) is 0 Å². The average molecular weight is 837 g/mol. The number of esters is 2. The van der Waals surface area contributed by atoms with Gasteiger partial charge in [-0.15, -0.1) is 0 Å². The van der Waals surface area contributed by atoms with Gasteiger partial charge in [-0.2, -0.15) is 0 Å². The molecule has 0 bridgehead atoms. The normalized spacial score (nSPS) is 13.7. The molecule has 0 aliphatic carbocycles. The van der Waals surface area contributed by atoms with Crippen molar-refractivity contribution < 1.29 is 95.4 Å². The molecular formula is C36H73N2NaO14Si2. The molecule has 2 unspecified atom stereocenters. The SMILES string of the molecule is CCCCC1CC(=O)OC1=O.CCO[Si](=O)OCC.CCO[Si](CCC(CC(=O)NCCCCCCO)C(=O)[O-])(OCC)OCC.NCCCCCCO.[Na+]. The Hall–Kier alpha value is -1.33. The number of carboxylic acid groups (broad SMARTS) is 1. The number of carbonyl (C=O) groups is 4. The molecule has 1 rings (SSSR count). The topological polar surface area (TPSA) is 242 Å². The number of aliphatic carboxylic acids is 1. The number of hydrogen-bond donors (Lipinski definition) is 4. The van der Waals surface area contributed by atoms with Crippen molar-refractivity contribution in [2.24, 2.45) is 17.6 Å². The van der Waals surface area contributed by atoms with Gasteiger partial charge in [-0.25, -0.2) is 0 Å². The summed E-state index contributed by atoms with van der Waals surface area (Å²) in [5.41, 5.74) is 5.25. The van der Waals surface area contributed by atoms with Crippen LogP contribution >= 0.6 is 0 Å². The molecule has 320 valence electrons. The van der Waals surface area contributed by atoms with Crippen LogP contribution in [-0.4, -0.2) is 111 Å². The zero-order valence-corrected chi connectivity index (χ0v) is 39.0. The van der Waals surface area contributed by atoms with Gasteiger partial charge >= 0.3 is 59.5 Å². The van der Waals surface area contributed by atoms with Crippen molar-refractivity contribution in [1.82, 2.24) is 5.32 Å². The summed E-state index contributed by atoms with van der Waals surface area (Å²) >= 11 is 0. The number of aliphatic hydroxyl groups excluding tert-OH is 2. The predicted molar refractivity (Wildman–Crippen MR) is 205 cm³/mol. The molecule has 55 heavy (non-hydrogen) atoms. The fourth-order valence-electron chi connectivity index (χ4n) is 4.85. The van der Waals surface area contributed by atoms with E-state index >= 15 is 0 Å². The van der Waals surface area contributed by atoms with E-state index in [4.69, 9.17) is 29.2 Å². The van der Waals surface area contributed by atoms with Crippen LogP contribution in [0.3, 0.4) is 0 Å². The Kier molecular flexibility index (Phi) is 48.1. The van der Waals surface area contributed by atoms with Crippen molar-refractivity contribution in [2.45, 2.75) is 137 Å². The van der Waals surface area contributed by atoms with Gasteiger partial charge in [0.15, 0.2) is 0 Å². The van der Waals surface area contributed by atoms with Gasteiger partial charge in [0.1, 0.15) is 0 Å². The molecule has 5 N–H and O–H groups in total. The van der Waals surface area contributed by atoms with Crippen molar-refractivity contribution in [1.29, 1.82) is 0 Å². The van der Waals surface area contributed by atoms with Crippen LogP contribution in [0.2, 0.25) is 6.04 Å². The quantitative estimate of drug-likeness (QED) is 0.0325. The number of ether oxygens (including phenoxy) is 1. The molecule has 1 heterocycles. The molecule has 0 aromatic carbocycles. The molecule has 19 heteroatoms. The fraction of sp³-hybridized carbons (Fsp3) is 0.889. The van der Waals surface area contributed by atoms with E-state index < -0.39 is 29.9 Å². The zero-order valence-electron chi connectivity index (χ0n) is 35.0. The predicted octanol–water partition coefficient (Wildman–Crippen LogP) is 0.0929. The molecule has 0 aromatic heterocycles. The third kappa shape index (κ3) is 38.0. The summed E-state index contributed by atoms with van der Waals surface area (Å²) in [7, 11) is -5.08. The van der Waals surface area contributed by atoms with Gasteiger partial charge in [-0.1, -0.05) is 45.4 Å². The maximum absolute atomic E-state index is 12.0. The summed E-state index contributed by atoms with van der Waals surface area (Å²) in [6, 6.07) is 0.329. The minimum atomic E-state index is -2.94. The van der Waals surface area contributed by atoms with Gasteiger partial charge in [0.05, 0.1) is 25.6 Å². The number of nitrogens with one attached hydrogen (secondary N) is 1. The Bertz CT molecular complexity index is 925. The molecule has 1 amide bonds. The Balaban J connectivity index is -0.000000376. The number of unbranched alkanes of at least 4 members (excludes halogenated alkanes) is 7. The van der Waals surface area contributed by atoms with Crippen LogP contribution in [0.25, 0.3) is 0 Å². The molecule has 1 aliphatic rings. The number of hydrogen-bond acceptors (Lipinski definition) is 15. The van der Waals surface area contributed by atoms with E-state index in [1.54, 1.807) is 13.8 Å². The number of carbonyl (C=O) groups excluding carboxylic acids is 4. The number of nitrogens with two attached hydrogens (primary N) is 1. The maximum Gasteiger partial charge on any atom is 1.00 e. The summed E-state index contributed by atoms with van der Waals surface area (Å²) < 4.78 is 41.1. The Labute approximate surface area is 355 Å². The van der Waals surface area contributed by atoms with Crippen LogP contribution in [0.1, 0.15) is 131 Å². The zero-order chi connectivity index (χ0) is 41.5. The fourth-order valence-corrected chi connectivity index (χ4v) is 8.11. The monoisotopic (exact) mass is 836 g/mol. The van der Waals surface area contributed by atoms with Crippen LogP contribution in [-0.2, 0) is 50.5 Å². The van der Waals surface area contributed by atoms with E-state index in [0.717, 1.165) is 77.2 Å². The van der Waals surface area contributed by atoms with Crippen LogP contribution < -0.4 is 45.7 Å². The van der Waals surface area contributed by atoms with Crippen LogP contribution in [0, 0.1) is 11.8 Å². The molecule has 16 nitrogen and oxygen atoms in total. The first kappa shape index (κ1) is 60.4. The van der Waals surface area contributed by atoms with Gasteiger partial charge < -0.3 is 58.0 Å². The second-order valence-electron chi connectivity index (χ2n) is 12.1. The van der Waals surface area contributed by atoms with E-state index in [0.29, 0.717) is 58.7 Å². The smallest absolute Gasteiger partial charge is 0.550 e. The number of carboxylic acids is 1. The van der Waals surface area contributed by atoms with Crippen LogP contribution in [0.5, 0.6) is 0 Å². The third-order valence-electron chi connectivity index (χ3n) is 7.57. The Morgan fingerprint density at radius 1 is 0.855 bits per heavy atom. The van der Waals surface area contributed by atoms with Gasteiger partial charge in [-0.3, -0.25) is 18.8 Å².